The fourth-order valence-electron chi connectivity index (χ4n) is 1.83. The van der Waals surface area contributed by atoms with Crippen molar-refractivity contribution in [3.8, 4) is 0 Å². The lowest BCUT2D eigenvalue weighted by Gasteiger charge is -2.33. The monoisotopic (exact) mass is 185 g/mol. The predicted octanol–water partition coefficient (Wildman–Crippen LogP) is 1.33. The first-order valence-electron chi connectivity index (χ1n) is 5.03. The number of nitrogens with one attached hydrogen (secondary N) is 1. The lowest BCUT2D eigenvalue weighted by molar-refractivity contribution is -0.145. The number of carbonyl (C=O) groups excluding carboxylic acids is 1. The fourth-order valence-corrected chi connectivity index (χ4v) is 1.83. The summed E-state index contributed by atoms with van der Waals surface area (Å²) in [4.78, 5) is 11.3. The Kier molecular flexibility index (Phi) is 3.72. The molecule has 3 nitrogen and oxygen atoms in total. The molecule has 1 saturated heterocycles. The van der Waals surface area contributed by atoms with Crippen LogP contribution in [0, 0.1) is 5.41 Å². The molecule has 1 heterocycles. The van der Waals surface area contributed by atoms with Gasteiger partial charge in [0.1, 0.15) is 0 Å². The molecule has 0 radical (unpaired) electrons. The summed E-state index contributed by atoms with van der Waals surface area (Å²) in [5.74, 6) is -0.0614. The molecule has 1 aliphatic heterocycles. The Hall–Kier alpha value is -0.570. The maximum atomic E-state index is 11.3. The van der Waals surface area contributed by atoms with Gasteiger partial charge in [0.2, 0.25) is 0 Å². The first-order chi connectivity index (χ1) is 6.16. The maximum absolute atomic E-state index is 11.3. The first-order valence-corrected chi connectivity index (χ1v) is 5.03. The number of ether oxygens (including phenoxy) is 1. The van der Waals surface area contributed by atoms with Crippen molar-refractivity contribution >= 4 is 5.97 Å². The van der Waals surface area contributed by atoms with Gasteiger partial charge in [-0.05, 0) is 31.7 Å². The second-order valence-corrected chi connectivity index (χ2v) is 4.07. The van der Waals surface area contributed by atoms with Crippen LogP contribution in [0.1, 0.15) is 33.1 Å². The summed E-state index contributed by atoms with van der Waals surface area (Å²) in [6.07, 6.45) is 2.84. The second kappa shape index (κ2) is 4.61. The zero-order valence-corrected chi connectivity index (χ0v) is 8.56. The van der Waals surface area contributed by atoms with Gasteiger partial charge in [-0.3, -0.25) is 4.79 Å². The number of rotatable bonds is 3. The Bertz CT molecular complexity index is 174. The molecule has 13 heavy (non-hydrogen) atoms. The Balaban J connectivity index is 2.36. The topological polar surface area (TPSA) is 38.3 Å². The molecule has 1 atom stereocenters. The van der Waals surface area contributed by atoms with Gasteiger partial charge in [-0.25, -0.2) is 0 Å². The predicted molar refractivity (Wildman–Crippen MR) is 51.5 cm³/mol. The molecule has 0 bridgehead atoms. The van der Waals surface area contributed by atoms with Gasteiger partial charge in [0.25, 0.3) is 0 Å². The average molecular weight is 185 g/mol. The second-order valence-electron chi connectivity index (χ2n) is 4.07. The van der Waals surface area contributed by atoms with E-state index in [1.807, 2.05) is 6.92 Å². The zero-order valence-electron chi connectivity index (χ0n) is 8.56. The Morgan fingerprint density at radius 2 is 2.38 bits per heavy atom. The smallest absolute Gasteiger partial charge is 0.306 e. The van der Waals surface area contributed by atoms with Crippen LogP contribution in [-0.2, 0) is 9.53 Å². The van der Waals surface area contributed by atoms with E-state index in [9.17, 15) is 4.79 Å². The lowest BCUT2D eigenvalue weighted by atomic mass is 9.80. The highest BCUT2D eigenvalue weighted by Gasteiger charge is 2.29. The van der Waals surface area contributed by atoms with Crippen LogP contribution in [0.5, 0.6) is 0 Å². The molecule has 76 valence electrons. The van der Waals surface area contributed by atoms with Crippen molar-refractivity contribution in [3.05, 3.63) is 0 Å². The van der Waals surface area contributed by atoms with Crippen LogP contribution in [0.25, 0.3) is 0 Å². The van der Waals surface area contributed by atoms with Crippen molar-refractivity contribution in [2.75, 3.05) is 19.7 Å². The Morgan fingerprint density at radius 3 is 2.92 bits per heavy atom. The van der Waals surface area contributed by atoms with Gasteiger partial charge >= 0.3 is 5.97 Å². The van der Waals surface area contributed by atoms with Gasteiger partial charge in [0.15, 0.2) is 0 Å². The van der Waals surface area contributed by atoms with Gasteiger partial charge in [-0.15, -0.1) is 0 Å². The summed E-state index contributed by atoms with van der Waals surface area (Å²) in [5, 5.41) is 3.32. The van der Waals surface area contributed by atoms with E-state index in [0.717, 1.165) is 25.9 Å². The van der Waals surface area contributed by atoms with E-state index in [1.54, 1.807) is 0 Å². The standard InChI is InChI=1S/C10H19NO2/c1-3-13-9(12)7-10(2)5-4-6-11-8-10/h11H,3-8H2,1-2H3. The van der Waals surface area contributed by atoms with Crippen molar-refractivity contribution in [2.45, 2.75) is 33.1 Å². The minimum Gasteiger partial charge on any atom is -0.466 e. The SMILES string of the molecule is CCOC(=O)CC1(C)CCCNC1. The highest BCUT2D eigenvalue weighted by molar-refractivity contribution is 5.70. The lowest BCUT2D eigenvalue weighted by Crippen LogP contribution is -2.39. The summed E-state index contributed by atoms with van der Waals surface area (Å²) in [6.45, 7) is 6.50. The molecule has 0 aromatic rings. The summed E-state index contributed by atoms with van der Waals surface area (Å²) in [6, 6.07) is 0. The van der Waals surface area contributed by atoms with Crippen LogP contribution < -0.4 is 5.32 Å². The van der Waals surface area contributed by atoms with Crippen LogP contribution in [-0.4, -0.2) is 25.7 Å². The molecule has 0 saturated carbocycles. The third-order valence-electron chi connectivity index (χ3n) is 2.56. The molecule has 0 aromatic carbocycles. The van der Waals surface area contributed by atoms with Gasteiger partial charge in [0.05, 0.1) is 13.0 Å². The van der Waals surface area contributed by atoms with Crippen LogP contribution in [0.2, 0.25) is 0 Å². The molecule has 0 spiro atoms. The van der Waals surface area contributed by atoms with Crippen molar-refractivity contribution < 1.29 is 9.53 Å². The highest BCUT2D eigenvalue weighted by atomic mass is 16.5. The molecule has 1 rings (SSSR count). The minimum atomic E-state index is -0.0614. The average Bonchev–Trinajstić information content (AvgIpc) is 2.04. The number of carbonyl (C=O) groups is 1. The first kappa shape index (κ1) is 10.5. The molecule has 1 N–H and O–H groups in total. The summed E-state index contributed by atoms with van der Waals surface area (Å²) >= 11 is 0. The van der Waals surface area contributed by atoms with E-state index in [-0.39, 0.29) is 11.4 Å². The fraction of sp³-hybridized carbons (Fsp3) is 0.900. The molecule has 0 aliphatic carbocycles. The normalized spacial score (nSPS) is 28.5. The van der Waals surface area contributed by atoms with Crippen molar-refractivity contribution in [2.24, 2.45) is 5.41 Å². The van der Waals surface area contributed by atoms with E-state index in [0.29, 0.717) is 13.0 Å². The summed E-state index contributed by atoms with van der Waals surface area (Å²) < 4.78 is 4.94. The molecule has 0 aromatic heterocycles. The summed E-state index contributed by atoms with van der Waals surface area (Å²) in [7, 11) is 0. The number of esters is 1. The molecular weight excluding hydrogens is 166 g/mol. The molecule has 1 aliphatic rings. The molecular formula is C10H19NO2. The molecule has 1 unspecified atom stereocenters. The van der Waals surface area contributed by atoms with Gasteiger partial charge in [-0.1, -0.05) is 6.92 Å². The van der Waals surface area contributed by atoms with Crippen molar-refractivity contribution in [3.63, 3.8) is 0 Å². The highest BCUT2D eigenvalue weighted by Crippen LogP contribution is 2.29. The number of hydrogen-bond donors (Lipinski definition) is 1. The number of piperidine rings is 1. The molecule has 1 fully saturated rings. The minimum absolute atomic E-state index is 0.0614. The van der Waals surface area contributed by atoms with E-state index >= 15 is 0 Å². The van der Waals surface area contributed by atoms with Crippen LogP contribution in [0.3, 0.4) is 0 Å². The van der Waals surface area contributed by atoms with Gasteiger partial charge in [-0.2, -0.15) is 0 Å². The van der Waals surface area contributed by atoms with Crippen molar-refractivity contribution in [1.29, 1.82) is 0 Å². The van der Waals surface area contributed by atoms with Crippen LogP contribution in [0.4, 0.5) is 0 Å². The molecule has 3 heteroatoms. The van der Waals surface area contributed by atoms with E-state index in [4.69, 9.17) is 4.74 Å². The van der Waals surface area contributed by atoms with Gasteiger partial charge in [0, 0.05) is 6.54 Å². The zero-order chi connectivity index (χ0) is 9.73. The van der Waals surface area contributed by atoms with Crippen LogP contribution in [0.15, 0.2) is 0 Å². The molecule has 0 amide bonds. The van der Waals surface area contributed by atoms with E-state index in [2.05, 4.69) is 12.2 Å². The third-order valence-corrected chi connectivity index (χ3v) is 2.56. The van der Waals surface area contributed by atoms with Crippen molar-refractivity contribution in [1.82, 2.24) is 5.32 Å². The largest absolute Gasteiger partial charge is 0.466 e. The Morgan fingerprint density at radius 1 is 1.62 bits per heavy atom. The quantitative estimate of drug-likeness (QED) is 0.674. The maximum Gasteiger partial charge on any atom is 0.306 e. The number of hydrogen-bond acceptors (Lipinski definition) is 3. The van der Waals surface area contributed by atoms with Gasteiger partial charge < -0.3 is 10.1 Å². The van der Waals surface area contributed by atoms with Crippen LogP contribution >= 0.6 is 0 Å². The Labute approximate surface area is 79.8 Å². The van der Waals surface area contributed by atoms with E-state index in [1.165, 1.54) is 0 Å². The third kappa shape index (κ3) is 3.35. The summed E-state index contributed by atoms with van der Waals surface area (Å²) in [5.41, 5.74) is 0.116. The van der Waals surface area contributed by atoms with E-state index < -0.39 is 0 Å².